The van der Waals surface area contributed by atoms with E-state index in [1.54, 1.807) is 5.57 Å². The summed E-state index contributed by atoms with van der Waals surface area (Å²) < 4.78 is 0. The van der Waals surface area contributed by atoms with Gasteiger partial charge in [-0.05, 0) is 51.0 Å². The zero-order chi connectivity index (χ0) is 11.1. The van der Waals surface area contributed by atoms with Gasteiger partial charge in [0, 0.05) is 5.41 Å². The van der Waals surface area contributed by atoms with Crippen LogP contribution in [-0.2, 0) is 0 Å². The van der Waals surface area contributed by atoms with E-state index < -0.39 is 0 Å². The summed E-state index contributed by atoms with van der Waals surface area (Å²) >= 11 is 0. The average Bonchev–Trinajstić information content (AvgIpc) is 2.61. The van der Waals surface area contributed by atoms with E-state index in [-0.39, 0.29) is 0 Å². The van der Waals surface area contributed by atoms with E-state index in [2.05, 4.69) is 39.5 Å². The Hall–Kier alpha value is -0.780. The molecule has 0 bridgehead atoms. The molecule has 0 saturated heterocycles. The smallest absolute Gasteiger partial charge is 0.000978 e. The fourth-order valence-corrected chi connectivity index (χ4v) is 3.21. The molecule has 0 amide bonds. The molecule has 2 aliphatic carbocycles. The van der Waals surface area contributed by atoms with E-state index >= 15 is 0 Å². The molecule has 2 rings (SSSR count). The Morgan fingerprint density at radius 3 is 2.73 bits per heavy atom. The molecular weight excluding hydrogens is 180 g/mol. The quantitative estimate of drug-likeness (QED) is 0.543. The van der Waals surface area contributed by atoms with Gasteiger partial charge < -0.3 is 0 Å². The minimum Gasteiger partial charge on any atom is -0.0958 e. The molecule has 0 saturated carbocycles. The van der Waals surface area contributed by atoms with E-state index in [9.17, 15) is 0 Å². The molecule has 0 heteroatoms. The third-order valence-corrected chi connectivity index (χ3v) is 4.55. The first-order valence-electron chi connectivity index (χ1n) is 6.08. The Balaban J connectivity index is 2.27. The second-order valence-corrected chi connectivity index (χ2v) is 5.41. The second-order valence-electron chi connectivity index (χ2n) is 5.41. The van der Waals surface area contributed by atoms with Crippen molar-refractivity contribution in [3.05, 3.63) is 35.5 Å². The van der Waals surface area contributed by atoms with E-state index in [0.29, 0.717) is 5.41 Å². The summed E-state index contributed by atoms with van der Waals surface area (Å²) in [5, 5.41) is 0. The topological polar surface area (TPSA) is 0 Å². The van der Waals surface area contributed by atoms with Crippen LogP contribution in [0.1, 0.15) is 46.5 Å². The predicted molar refractivity (Wildman–Crippen MR) is 66.7 cm³/mol. The zero-order valence-corrected chi connectivity index (χ0v) is 10.3. The van der Waals surface area contributed by atoms with Gasteiger partial charge in [-0.1, -0.05) is 36.8 Å². The van der Waals surface area contributed by atoms with Gasteiger partial charge in [-0.15, -0.1) is 0 Å². The molecule has 2 atom stereocenters. The Morgan fingerprint density at radius 1 is 1.47 bits per heavy atom. The molecule has 0 N–H and O–H groups in total. The largest absolute Gasteiger partial charge is 0.0958 e. The van der Waals surface area contributed by atoms with E-state index in [1.807, 2.05) is 0 Å². The maximum Gasteiger partial charge on any atom is 0.000978 e. The second kappa shape index (κ2) is 3.66. The maximum absolute atomic E-state index is 4.08. The van der Waals surface area contributed by atoms with Gasteiger partial charge in [0.2, 0.25) is 0 Å². The zero-order valence-electron chi connectivity index (χ0n) is 10.3. The standard InChI is InChI=1S/C15H22/c1-11(2)14-8-9-15(10-14)12(3)6-5-7-13(15)4/h6,8,13H,1,5,7,9-10H2,2-4H3/t13-,15-/m0/s1. The molecule has 82 valence electrons. The highest BCUT2D eigenvalue weighted by molar-refractivity contribution is 5.37. The van der Waals surface area contributed by atoms with Gasteiger partial charge >= 0.3 is 0 Å². The molecule has 15 heavy (non-hydrogen) atoms. The lowest BCUT2D eigenvalue weighted by Crippen LogP contribution is -2.30. The van der Waals surface area contributed by atoms with E-state index in [1.165, 1.54) is 36.8 Å². The lowest BCUT2D eigenvalue weighted by atomic mass is 9.64. The first-order chi connectivity index (χ1) is 7.06. The summed E-state index contributed by atoms with van der Waals surface area (Å²) in [6.07, 6.45) is 9.97. The maximum atomic E-state index is 4.08. The van der Waals surface area contributed by atoms with Crippen molar-refractivity contribution in [2.45, 2.75) is 46.5 Å². The number of rotatable bonds is 1. The third kappa shape index (κ3) is 1.60. The van der Waals surface area contributed by atoms with Crippen molar-refractivity contribution in [1.29, 1.82) is 0 Å². The summed E-state index contributed by atoms with van der Waals surface area (Å²) in [5.41, 5.74) is 4.83. The Morgan fingerprint density at radius 2 is 2.20 bits per heavy atom. The highest BCUT2D eigenvalue weighted by Gasteiger charge is 2.41. The Labute approximate surface area is 93.8 Å². The van der Waals surface area contributed by atoms with Crippen LogP contribution in [0, 0.1) is 11.3 Å². The van der Waals surface area contributed by atoms with Crippen LogP contribution in [0.4, 0.5) is 0 Å². The molecule has 0 aromatic carbocycles. The van der Waals surface area contributed by atoms with Crippen LogP contribution >= 0.6 is 0 Å². The lowest BCUT2D eigenvalue weighted by molar-refractivity contribution is 0.216. The fraction of sp³-hybridized carbons (Fsp3) is 0.600. The van der Waals surface area contributed by atoms with Crippen LogP contribution in [0.2, 0.25) is 0 Å². The Kier molecular flexibility index (Phi) is 2.62. The predicted octanol–water partition coefficient (Wildman–Crippen LogP) is 4.65. The van der Waals surface area contributed by atoms with Crippen LogP contribution in [-0.4, -0.2) is 0 Å². The van der Waals surface area contributed by atoms with Crippen LogP contribution in [0.15, 0.2) is 35.5 Å². The average molecular weight is 202 g/mol. The minimum atomic E-state index is 0.451. The molecule has 0 aliphatic heterocycles. The van der Waals surface area contributed by atoms with Crippen LogP contribution in [0.3, 0.4) is 0 Å². The van der Waals surface area contributed by atoms with Gasteiger partial charge in [-0.25, -0.2) is 0 Å². The van der Waals surface area contributed by atoms with Crippen molar-refractivity contribution in [1.82, 2.24) is 0 Å². The normalized spacial score (nSPS) is 35.3. The lowest BCUT2D eigenvalue weighted by Gasteiger charge is -2.40. The van der Waals surface area contributed by atoms with E-state index in [0.717, 1.165) is 5.92 Å². The van der Waals surface area contributed by atoms with Crippen LogP contribution < -0.4 is 0 Å². The van der Waals surface area contributed by atoms with Crippen LogP contribution in [0.25, 0.3) is 0 Å². The summed E-state index contributed by atoms with van der Waals surface area (Å²) in [6, 6.07) is 0. The van der Waals surface area contributed by atoms with Gasteiger partial charge in [-0.3, -0.25) is 0 Å². The molecule has 0 unspecified atom stereocenters. The number of hydrogen-bond donors (Lipinski definition) is 0. The fourth-order valence-electron chi connectivity index (χ4n) is 3.21. The summed E-state index contributed by atoms with van der Waals surface area (Å²) in [4.78, 5) is 0. The van der Waals surface area contributed by atoms with Crippen molar-refractivity contribution in [2.24, 2.45) is 11.3 Å². The molecule has 2 aliphatic rings. The number of allylic oxidation sites excluding steroid dienone is 5. The molecule has 1 spiro atoms. The molecule has 0 radical (unpaired) electrons. The summed E-state index contributed by atoms with van der Waals surface area (Å²) in [7, 11) is 0. The summed E-state index contributed by atoms with van der Waals surface area (Å²) in [5.74, 6) is 0.829. The third-order valence-electron chi connectivity index (χ3n) is 4.55. The monoisotopic (exact) mass is 202 g/mol. The highest BCUT2D eigenvalue weighted by atomic mass is 14.5. The Bertz CT molecular complexity index is 343. The summed E-state index contributed by atoms with van der Waals surface area (Å²) in [6.45, 7) is 11.0. The molecule has 0 fully saturated rings. The van der Waals surface area contributed by atoms with Crippen molar-refractivity contribution in [3.8, 4) is 0 Å². The minimum absolute atomic E-state index is 0.451. The molecule has 0 heterocycles. The van der Waals surface area contributed by atoms with Crippen molar-refractivity contribution < 1.29 is 0 Å². The molecule has 0 aromatic heterocycles. The van der Waals surface area contributed by atoms with Gasteiger partial charge in [0.15, 0.2) is 0 Å². The van der Waals surface area contributed by atoms with Gasteiger partial charge in [0.05, 0.1) is 0 Å². The van der Waals surface area contributed by atoms with Crippen molar-refractivity contribution in [2.75, 3.05) is 0 Å². The van der Waals surface area contributed by atoms with E-state index in [4.69, 9.17) is 0 Å². The first kappa shape index (κ1) is 10.7. The van der Waals surface area contributed by atoms with Crippen LogP contribution in [0.5, 0.6) is 0 Å². The molecule has 0 aromatic rings. The van der Waals surface area contributed by atoms with Gasteiger partial charge in [-0.2, -0.15) is 0 Å². The number of hydrogen-bond acceptors (Lipinski definition) is 0. The molecular formula is C15H22. The van der Waals surface area contributed by atoms with Gasteiger partial charge in [0.1, 0.15) is 0 Å². The first-order valence-corrected chi connectivity index (χ1v) is 6.08. The highest BCUT2D eigenvalue weighted by Crippen LogP contribution is 2.53. The SMILES string of the molecule is C=C(C)C1=CC[C@]2(C1)C(C)=CCC[C@@H]2C. The van der Waals surface area contributed by atoms with Gasteiger partial charge in [0.25, 0.3) is 0 Å². The van der Waals surface area contributed by atoms with Crippen molar-refractivity contribution in [3.63, 3.8) is 0 Å². The van der Waals surface area contributed by atoms with Crippen molar-refractivity contribution >= 4 is 0 Å². The molecule has 0 nitrogen and oxygen atoms in total.